The van der Waals surface area contributed by atoms with Gasteiger partial charge in [0.25, 0.3) is 0 Å². The summed E-state index contributed by atoms with van der Waals surface area (Å²) >= 11 is 0. The van der Waals surface area contributed by atoms with Crippen LogP contribution in [0.15, 0.2) is 42.7 Å². The summed E-state index contributed by atoms with van der Waals surface area (Å²) in [5.41, 5.74) is 1.31. The first-order valence-electron chi connectivity index (χ1n) is 9.11. The van der Waals surface area contributed by atoms with Crippen LogP contribution in [0.4, 0.5) is 11.6 Å². The van der Waals surface area contributed by atoms with Crippen molar-refractivity contribution >= 4 is 11.6 Å². The lowest BCUT2D eigenvalue weighted by molar-refractivity contribution is 0.670. The molecule has 0 amide bonds. The molecule has 0 unspecified atom stereocenters. The zero-order valence-electron chi connectivity index (χ0n) is 14.9. The van der Waals surface area contributed by atoms with E-state index >= 15 is 0 Å². The zero-order valence-corrected chi connectivity index (χ0v) is 14.9. The fraction of sp³-hybridized carbons (Fsp3) is 0.500. The van der Waals surface area contributed by atoms with Gasteiger partial charge in [0.1, 0.15) is 18.0 Å². The van der Waals surface area contributed by atoms with Crippen molar-refractivity contribution in [2.45, 2.75) is 52.1 Å². The molecule has 0 spiro atoms. The first-order chi connectivity index (χ1) is 11.7. The van der Waals surface area contributed by atoms with E-state index in [-0.39, 0.29) is 0 Å². The molecular formula is C20H28N4. The number of hydrogen-bond donors (Lipinski definition) is 0. The molecule has 3 rings (SSSR count). The molecule has 1 aromatic heterocycles. The molecule has 1 aliphatic rings. The summed E-state index contributed by atoms with van der Waals surface area (Å²) in [4.78, 5) is 13.9. The molecular weight excluding hydrogens is 296 g/mol. The van der Waals surface area contributed by atoms with Gasteiger partial charge in [-0.15, -0.1) is 0 Å². The SMILES string of the molecule is CC(C)N(Cc1ccccc1)c1cc(N2CCCCCC2)ncn1. The van der Waals surface area contributed by atoms with Crippen LogP contribution in [0.25, 0.3) is 0 Å². The third kappa shape index (κ3) is 4.25. The third-order valence-corrected chi connectivity index (χ3v) is 4.68. The monoisotopic (exact) mass is 324 g/mol. The molecule has 4 nitrogen and oxygen atoms in total. The van der Waals surface area contributed by atoms with E-state index in [0.717, 1.165) is 31.3 Å². The Labute approximate surface area is 145 Å². The van der Waals surface area contributed by atoms with Gasteiger partial charge in [0.15, 0.2) is 0 Å². The third-order valence-electron chi connectivity index (χ3n) is 4.68. The molecule has 0 atom stereocenters. The van der Waals surface area contributed by atoms with Gasteiger partial charge in [-0.2, -0.15) is 0 Å². The molecule has 0 N–H and O–H groups in total. The van der Waals surface area contributed by atoms with Crippen LogP contribution in [-0.2, 0) is 6.54 Å². The summed E-state index contributed by atoms with van der Waals surface area (Å²) in [7, 11) is 0. The van der Waals surface area contributed by atoms with Gasteiger partial charge >= 0.3 is 0 Å². The van der Waals surface area contributed by atoms with Crippen LogP contribution in [0.5, 0.6) is 0 Å². The van der Waals surface area contributed by atoms with E-state index in [1.165, 1.54) is 31.2 Å². The highest BCUT2D eigenvalue weighted by Crippen LogP contribution is 2.23. The maximum absolute atomic E-state index is 4.56. The van der Waals surface area contributed by atoms with Gasteiger partial charge in [0.2, 0.25) is 0 Å². The Bertz CT molecular complexity index is 619. The minimum atomic E-state index is 0.386. The van der Waals surface area contributed by atoms with E-state index < -0.39 is 0 Å². The highest BCUT2D eigenvalue weighted by molar-refractivity contribution is 5.51. The van der Waals surface area contributed by atoms with Gasteiger partial charge in [-0.25, -0.2) is 9.97 Å². The van der Waals surface area contributed by atoms with Crippen molar-refractivity contribution in [2.24, 2.45) is 0 Å². The quantitative estimate of drug-likeness (QED) is 0.822. The van der Waals surface area contributed by atoms with Gasteiger partial charge in [-0.3, -0.25) is 0 Å². The number of anilines is 2. The van der Waals surface area contributed by atoms with Gasteiger partial charge in [-0.1, -0.05) is 43.2 Å². The molecule has 1 saturated heterocycles. The lowest BCUT2D eigenvalue weighted by Crippen LogP contribution is -2.32. The summed E-state index contributed by atoms with van der Waals surface area (Å²) < 4.78 is 0. The van der Waals surface area contributed by atoms with Crippen LogP contribution in [0.1, 0.15) is 45.1 Å². The average Bonchev–Trinajstić information content (AvgIpc) is 2.90. The van der Waals surface area contributed by atoms with Gasteiger partial charge in [0.05, 0.1) is 0 Å². The molecule has 2 aromatic rings. The second-order valence-electron chi connectivity index (χ2n) is 6.84. The lowest BCUT2D eigenvalue weighted by Gasteiger charge is -2.29. The van der Waals surface area contributed by atoms with Crippen LogP contribution in [0.2, 0.25) is 0 Å². The molecule has 0 saturated carbocycles. The lowest BCUT2D eigenvalue weighted by atomic mass is 10.2. The fourth-order valence-corrected chi connectivity index (χ4v) is 3.28. The Hall–Kier alpha value is -2.10. The van der Waals surface area contributed by atoms with Crippen LogP contribution in [0.3, 0.4) is 0 Å². The summed E-state index contributed by atoms with van der Waals surface area (Å²) in [6, 6.07) is 13.1. The maximum atomic E-state index is 4.56. The summed E-state index contributed by atoms with van der Waals surface area (Å²) in [5.74, 6) is 2.09. The molecule has 4 heteroatoms. The minimum absolute atomic E-state index is 0.386. The van der Waals surface area contributed by atoms with Crippen molar-refractivity contribution in [2.75, 3.05) is 22.9 Å². The zero-order chi connectivity index (χ0) is 16.8. The van der Waals surface area contributed by atoms with E-state index in [9.17, 15) is 0 Å². The smallest absolute Gasteiger partial charge is 0.134 e. The fourth-order valence-electron chi connectivity index (χ4n) is 3.28. The van der Waals surface area contributed by atoms with Gasteiger partial charge < -0.3 is 9.80 Å². The normalized spacial score (nSPS) is 15.4. The first kappa shape index (κ1) is 16.7. The van der Waals surface area contributed by atoms with Gasteiger partial charge in [-0.05, 0) is 32.3 Å². The van der Waals surface area contributed by atoms with E-state index in [2.05, 4.69) is 70.0 Å². The Kier molecular flexibility index (Phi) is 5.68. The number of rotatable bonds is 5. The highest BCUT2D eigenvalue weighted by Gasteiger charge is 2.16. The average molecular weight is 324 g/mol. The van der Waals surface area contributed by atoms with E-state index in [0.29, 0.717) is 6.04 Å². The summed E-state index contributed by atoms with van der Waals surface area (Å²) in [5, 5.41) is 0. The summed E-state index contributed by atoms with van der Waals surface area (Å²) in [6.45, 7) is 7.52. The molecule has 1 aliphatic heterocycles. The van der Waals surface area contributed by atoms with Crippen molar-refractivity contribution in [1.82, 2.24) is 9.97 Å². The molecule has 0 radical (unpaired) electrons. The minimum Gasteiger partial charge on any atom is -0.356 e. The number of nitrogens with zero attached hydrogens (tertiary/aromatic N) is 4. The number of hydrogen-bond acceptors (Lipinski definition) is 4. The Morgan fingerprint density at radius 3 is 2.38 bits per heavy atom. The number of benzene rings is 1. The number of aromatic nitrogens is 2. The van der Waals surface area contributed by atoms with E-state index in [1.54, 1.807) is 6.33 Å². The van der Waals surface area contributed by atoms with Crippen molar-refractivity contribution in [3.05, 3.63) is 48.3 Å². The molecule has 1 aromatic carbocycles. The molecule has 1 fully saturated rings. The van der Waals surface area contributed by atoms with Crippen LogP contribution < -0.4 is 9.80 Å². The van der Waals surface area contributed by atoms with Crippen molar-refractivity contribution < 1.29 is 0 Å². The predicted molar refractivity (Wildman–Crippen MR) is 100 cm³/mol. The van der Waals surface area contributed by atoms with Crippen molar-refractivity contribution in [1.29, 1.82) is 0 Å². The Balaban J connectivity index is 1.81. The molecule has 2 heterocycles. The van der Waals surface area contributed by atoms with Crippen molar-refractivity contribution in [3.8, 4) is 0 Å². The van der Waals surface area contributed by atoms with E-state index in [1.807, 2.05) is 0 Å². The van der Waals surface area contributed by atoms with Crippen molar-refractivity contribution in [3.63, 3.8) is 0 Å². The molecule has 0 aliphatic carbocycles. The summed E-state index contributed by atoms with van der Waals surface area (Å²) in [6.07, 6.45) is 6.91. The predicted octanol–water partition coefficient (Wildman–Crippen LogP) is 4.27. The maximum Gasteiger partial charge on any atom is 0.134 e. The highest BCUT2D eigenvalue weighted by atomic mass is 15.2. The topological polar surface area (TPSA) is 32.3 Å². The Morgan fingerprint density at radius 1 is 1.00 bits per heavy atom. The standard InChI is InChI=1S/C20H28N4/c1-17(2)24(15-18-10-6-5-7-11-18)20-14-19(21-16-22-20)23-12-8-3-4-9-13-23/h5-7,10-11,14,16-17H,3-4,8-9,12-13,15H2,1-2H3. The second kappa shape index (κ2) is 8.13. The van der Waals surface area contributed by atoms with Crippen LogP contribution >= 0.6 is 0 Å². The van der Waals surface area contributed by atoms with E-state index in [4.69, 9.17) is 0 Å². The molecule has 128 valence electrons. The van der Waals surface area contributed by atoms with Crippen LogP contribution in [-0.4, -0.2) is 29.1 Å². The first-order valence-corrected chi connectivity index (χ1v) is 9.11. The Morgan fingerprint density at radius 2 is 1.71 bits per heavy atom. The molecule has 0 bridgehead atoms. The van der Waals surface area contributed by atoms with Crippen LogP contribution in [0, 0.1) is 0 Å². The second-order valence-corrected chi connectivity index (χ2v) is 6.84. The van der Waals surface area contributed by atoms with Gasteiger partial charge in [0, 0.05) is 31.7 Å². The largest absolute Gasteiger partial charge is 0.356 e. The molecule has 24 heavy (non-hydrogen) atoms.